The van der Waals surface area contributed by atoms with Crippen molar-refractivity contribution < 1.29 is 18.7 Å². The number of anilines is 2. The van der Waals surface area contributed by atoms with E-state index in [1.54, 1.807) is 29.0 Å². The molecule has 0 atom stereocenters. The number of halogens is 1. The summed E-state index contributed by atoms with van der Waals surface area (Å²) in [5, 5.41) is 13.5. The molecule has 5 heterocycles. The number of nitrogens with zero attached hydrogens (tertiary/aromatic N) is 6. The van der Waals surface area contributed by atoms with E-state index in [9.17, 15) is 9.18 Å². The van der Waals surface area contributed by atoms with Gasteiger partial charge in [-0.25, -0.2) is 4.39 Å². The number of thiazole rings is 1. The van der Waals surface area contributed by atoms with Crippen LogP contribution in [0.2, 0.25) is 0 Å². The lowest BCUT2D eigenvalue weighted by Crippen LogP contribution is -2.47. The summed E-state index contributed by atoms with van der Waals surface area (Å²) in [6.45, 7) is 3.86. The van der Waals surface area contributed by atoms with Crippen LogP contribution in [-0.2, 0) is 6.54 Å². The van der Waals surface area contributed by atoms with Crippen LogP contribution in [0.15, 0.2) is 51.9 Å². The van der Waals surface area contributed by atoms with E-state index in [2.05, 4.69) is 15.0 Å². The number of nitrogen functional groups attached to an aromatic ring is 1. The van der Waals surface area contributed by atoms with Gasteiger partial charge in [0.05, 0.1) is 24.1 Å². The van der Waals surface area contributed by atoms with Crippen LogP contribution in [0.25, 0.3) is 27.3 Å². The van der Waals surface area contributed by atoms with Gasteiger partial charge in [0.1, 0.15) is 28.6 Å². The third-order valence-electron chi connectivity index (χ3n) is 6.65. The quantitative estimate of drug-likeness (QED) is 0.305. The monoisotopic (exact) mass is 539 g/mol. The Morgan fingerprint density at radius 3 is 2.76 bits per heavy atom. The molecule has 4 aromatic heterocycles. The molecule has 11 nitrogen and oxygen atoms in total. The molecule has 1 aliphatic heterocycles. The molecule has 0 aliphatic carbocycles. The molecule has 13 heteroatoms. The van der Waals surface area contributed by atoms with Crippen molar-refractivity contribution in [1.29, 1.82) is 0 Å². The molecule has 1 aliphatic rings. The van der Waals surface area contributed by atoms with E-state index >= 15 is 0 Å². The Balaban J connectivity index is 1.16. The summed E-state index contributed by atoms with van der Waals surface area (Å²) >= 11 is 1.12. The number of furan rings is 1. The molecule has 0 saturated carbocycles. The Hall–Kier alpha value is -3.94. The molecule has 1 fully saturated rings. The molecular formula is C25H26FN7O4S. The molecule has 38 heavy (non-hydrogen) atoms. The Morgan fingerprint density at radius 1 is 1.16 bits per heavy atom. The maximum Gasteiger partial charge on any atom is 0.309 e. The number of aliphatic hydroxyl groups is 1. The second kappa shape index (κ2) is 10.1. The summed E-state index contributed by atoms with van der Waals surface area (Å²) in [7, 11) is 0. The predicted molar refractivity (Wildman–Crippen MR) is 142 cm³/mol. The third-order valence-corrected chi connectivity index (χ3v) is 7.64. The molecule has 5 aromatic rings. The van der Waals surface area contributed by atoms with Crippen LogP contribution >= 0.6 is 11.3 Å². The summed E-state index contributed by atoms with van der Waals surface area (Å²) in [4.78, 5) is 21.6. The first kappa shape index (κ1) is 24.4. The number of hydrogen-bond acceptors (Lipinski definition) is 10. The van der Waals surface area contributed by atoms with Crippen LogP contribution in [0.3, 0.4) is 0 Å². The molecule has 198 valence electrons. The van der Waals surface area contributed by atoms with Crippen LogP contribution in [0, 0.1) is 5.82 Å². The predicted octanol–water partition coefficient (Wildman–Crippen LogP) is 2.28. The second-order valence-electron chi connectivity index (χ2n) is 8.96. The van der Waals surface area contributed by atoms with E-state index < -0.39 is 0 Å². The molecule has 6 rings (SSSR count). The van der Waals surface area contributed by atoms with Gasteiger partial charge >= 0.3 is 4.87 Å². The Morgan fingerprint density at radius 2 is 2.00 bits per heavy atom. The molecule has 1 saturated heterocycles. The van der Waals surface area contributed by atoms with E-state index in [0.29, 0.717) is 73.3 Å². The van der Waals surface area contributed by atoms with E-state index in [1.165, 1.54) is 10.6 Å². The van der Waals surface area contributed by atoms with Crippen LogP contribution in [0.5, 0.6) is 5.75 Å². The smallest absolute Gasteiger partial charge is 0.309 e. The number of ether oxygens (including phenoxy) is 1. The molecule has 0 bridgehead atoms. The number of benzene rings is 1. The molecule has 0 unspecified atom stereocenters. The highest BCUT2D eigenvalue weighted by Gasteiger charge is 2.22. The van der Waals surface area contributed by atoms with Crippen LogP contribution < -0.4 is 20.2 Å². The van der Waals surface area contributed by atoms with Gasteiger partial charge in [-0.3, -0.25) is 14.3 Å². The first-order valence-electron chi connectivity index (χ1n) is 12.2. The normalized spacial score (nSPS) is 14.6. The van der Waals surface area contributed by atoms with Crippen molar-refractivity contribution in [2.75, 3.05) is 56.6 Å². The lowest BCUT2D eigenvalue weighted by molar-refractivity contribution is 0.201. The van der Waals surface area contributed by atoms with E-state index in [4.69, 9.17) is 20.0 Å². The Labute approximate surface area is 220 Å². The largest absolute Gasteiger partial charge is 0.491 e. The van der Waals surface area contributed by atoms with Crippen LogP contribution in [0.1, 0.15) is 0 Å². The third kappa shape index (κ3) is 4.48. The van der Waals surface area contributed by atoms with Crippen molar-refractivity contribution in [2.45, 2.75) is 6.54 Å². The fraction of sp³-hybridized carbons (Fsp3) is 0.320. The highest BCUT2D eigenvalue weighted by atomic mass is 32.1. The van der Waals surface area contributed by atoms with Gasteiger partial charge in [-0.2, -0.15) is 14.6 Å². The van der Waals surface area contributed by atoms with Crippen molar-refractivity contribution in [1.82, 2.24) is 24.1 Å². The summed E-state index contributed by atoms with van der Waals surface area (Å²) in [5.74, 6) is 1.02. The van der Waals surface area contributed by atoms with Gasteiger partial charge in [-0.15, -0.1) is 0 Å². The van der Waals surface area contributed by atoms with Gasteiger partial charge < -0.3 is 24.9 Å². The molecule has 0 amide bonds. The van der Waals surface area contributed by atoms with Gasteiger partial charge in [0.15, 0.2) is 11.4 Å². The summed E-state index contributed by atoms with van der Waals surface area (Å²) in [6, 6.07) is 10.1. The average molecular weight is 540 g/mol. The zero-order valence-electron chi connectivity index (χ0n) is 20.4. The topological polar surface area (TPSA) is 127 Å². The van der Waals surface area contributed by atoms with Crippen molar-refractivity contribution in [3.8, 4) is 17.2 Å². The maximum absolute atomic E-state index is 14.5. The highest BCUT2D eigenvalue weighted by molar-refractivity contribution is 7.17. The number of nitrogens with two attached hydrogens (primary N) is 1. The molecule has 3 N–H and O–H groups in total. The lowest BCUT2D eigenvalue weighted by atomic mass is 10.2. The first-order chi connectivity index (χ1) is 18.5. The van der Waals surface area contributed by atoms with Gasteiger partial charge in [0, 0.05) is 45.3 Å². The SMILES string of the molecule is Nc1nc2c(sc(=O)n2CCN2CCN(c3cc(OCCO)ccc3F)CC2)c2cc(-c3ccco3)nn12. The summed E-state index contributed by atoms with van der Waals surface area (Å²) < 4.78 is 29.3. The van der Waals surface area contributed by atoms with Crippen molar-refractivity contribution >= 4 is 38.8 Å². The molecule has 0 radical (unpaired) electrons. The summed E-state index contributed by atoms with van der Waals surface area (Å²) in [6.07, 6.45) is 1.58. The number of piperazine rings is 1. The number of fused-ring (bicyclic) bond motifs is 3. The number of hydrogen-bond donors (Lipinski definition) is 2. The Kier molecular flexibility index (Phi) is 6.47. The first-order valence-corrected chi connectivity index (χ1v) is 13.1. The standard InChI is InChI=1S/C25H26FN7O4S/c26-17-4-3-16(36-13-11-34)14-19(17)31-8-5-30(6-9-31)7-10-32-23-22(38-25(32)35)20-15-18(21-2-1-12-37-21)29-33(20)24(27)28-23/h1-4,12,14-15,34H,5-11,13H2,(H2,27,28). The zero-order chi connectivity index (χ0) is 26.2. The number of aromatic nitrogens is 4. The fourth-order valence-electron chi connectivity index (χ4n) is 4.73. The molecule has 1 aromatic carbocycles. The average Bonchev–Trinajstić information content (AvgIpc) is 3.67. The van der Waals surface area contributed by atoms with Crippen LogP contribution in [-0.4, -0.2) is 75.1 Å². The summed E-state index contributed by atoms with van der Waals surface area (Å²) in [5.41, 5.74) is 8.55. The van der Waals surface area contributed by atoms with Gasteiger partial charge in [0.2, 0.25) is 5.95 Å². The van der Waals surface area contributed by atoms with Crippen LogP contribution in [0.4, 0.5) is 16.0 Å². The Bertz CT molecular complexity index is 1640. The van der Waals surface area contributed by atoms with Crippen molar-refractivity contribution in [3.63, 3.8) is 0 Å². The second-order valence-corrected chi connectivity index (χ2v) is 9.92. The molecule has 0 spiro atoms. The maximum atomic E-state index is 14.5. The minimum absolute atomic E-state index is 0.102. The number of aliphatic hydroxyl groups excluding tert-OH is 1. The minimum Gasteiger partial charge on any atom is -0.491 e. The van der Waals surface area contributed by atoms with Crippen molar-refractivity contribution in [2.24, 2.45) is 0 Å². The molecular weight excluding hydrogens is 513 g/mol. The van der Waals surface area contributed by atoms with Gasteiger partial charge in [-0.05, 0) is 30.3 Å². The highest BCUT2D eigenvalue weighted by Crippen LogP contribution is 2.29. The number of rotatable bonds is 8. The van der Waals surface area contributed by atoms with E-state index in [-0.39, 0.29) is 29.9 Å². The van der Waals surface area contributed by atoms with Gasteiger partial charge in [-0.1, -0.05) is 11.3 Å². The van der Waals surface area contributed by atoms with E-state index in [1.807, 2.05) is 17.0 Å². The fourth-order valence-corrected chi connectivity index (χ4v) is 5.69. The van der Waals surface area contributed by atoms with Gasteiger partial charge in [0.25, 0.3) is 0 Å². The van der Waals surface area contributed by atoms with Crippen molar-refractivity contribution in [3.05, 3.63) is 58.1 Å². The minimum atomic E-state index is -0.309. The van der Waals surface area contributed by atoms with E-state index in [0.717, 1.165) is 16.0 Å². The lowest BCUT2D eigenvalue weighted by Gasteiger charge is -2.36. The zero-order valence-corrected chi connectivity index (χ0v) is 21.2.